The number of hydrogen-bond donors (Lipinski definition) is 2. The number of hydrogen-bond acceptors (Lipinski definition) is 3. The molecule has 0 atom stereocenters. The molecule has 0 aliphatic rings. The summed E-state index contributed by atoms with van der Waals surface area (Å²) in [5, 5.41) is 10.9. The van der Waals surface area contributed by atoms with Gasteiger partial charge in [-0.3, -0.25) is 14.5 Å². The molecule has 0 fully saturated rings. The van der Waals surface area contributed by atoms with Crippen molar-refractivity contribution < 1.29 is 14.7 Å². The third-order valence-corrected chi connectivity index (χ3v) is 3.28. The highest BCUT2D eigenvalue weighted by molar-refractivity contribution is 9.10. The number of carboxylic acids is 1. The van der Waals surface area contributed by atoms with Crippen molar-refractivity contribution in [3.05, 3.63) is 34.3 Å². The van der Waals surface area contributed by atoms with Crippen molar-refractivity contribution in [2.45, 2.75) is 26.4 Å². The molecule has 0 radical (unpaired) electrons. The fourth-order valence-corrected chi connectivity index (χ4v) is 2.15. The summed E-state index contributed by atoms with van der Waals surface area (Å²) in [4.78, 5) is 24.1. The number of carbonyl (C=O) groups excluding carboxylic acids is 1. The lowest BCUT2D eigenvalue weighted by Gasteiger charge is -2.25. The molecule has 0 saturated heterocycles. The van der Waals surface area contributed by atoms with Gasteiger partial charge in [-0.2, -0.15) is 0 Å². The molecule has 110 valence electrons. The van der Waals surface area contributed by atoms with Crippen LogP contribution in [0.25, 0.3) is 0 Å². The van der Waals surface area contributed by atoms with Gasteiger partial charge in [-0.15, -0.1) is 0 Å². The molecule has 0 aromatic heterocycles. The van der Waals surface area contributed by atoms with E-state index < -0.39 is 5.97 Å². The number of benzene rings is 1. The molecule has 0 spiro atoms. The summed E-state index contributed by atoms with van der Waals surface area (Å²) < 4.78 is 0.994. The zero-order valence-corrected chi connectivity index (χ0v) is 13.2. The fraction of sp³-hybridized carbons (Fsp3) is 0.429. The number of nitrogens with one attached hydrogen (secondary N) is 1. The van der Waals surface area contributed by atoms with Crippen LogP contribution >= 0.6 is 15.9 Å². The molecule has 1 rings (SSSR count). The topological polar surface area (TPSA) is 69.6 Å². The van der Waals surface area contributed by atoms with E-state index in [2.05, 4.69) is 21.2 Å². The Labute approximate surface area is 127 Å². The molecule has 0 unspecified atom stereocenters. The second-order valence-corrected chi connectivity index (χ2v) is 5.71. The maximum absolute atomic E-state index is 11.7. The van der Waals surface area contributed by atoms with Crippen molar-refractivity contribution in [2.24, 2.45) is 0 Å². The van der Waals surface area contributed by atoms with E-state index in [-0.39, 0.29) is 25.0 Å². The highest BCUT2D eigenvalue weighted by Gasteiger charge is 2.15. The minimum absolute atomic E-state index is 0.178. The molecule has 0 saturated carbocycles. The summed E-state index contributed by atoms with van der Waals surface area (Å²) in [7, 11) is 0. The highest BCUT2D eigenvalue weighted by atomic mass is 79.9. The summed E-state index contributed by atoms with van der Waals surface area (Å²) in [5.74, 6) is -1.32. The third-order valence-electron chi connectivity index (χ3n) is 2.79. The van der Waals surface area contributed by atoms with Crippen LogP contribution in [0.1, 0.15) is 19.4 Å². The molecule has 6 heteroatoms. The molecular weight excluding hydrogens is 324 g/mol. The Morgan fingerprint density at radius 2 is 2.10 bits per heavy atom. The smallest absolute Gasteiger partial charge is 0.322 e. The normalized spacial score (nSPS) is 10.8. The molecule has 0 aliphatic heterocycles. The Morgan fingerprint density at radius 3 is 2.65 bits per heavy atom. The number of nitrogens with zero attached hydrogens (tertiary/aromatic N) is 1. The van der Waals surface area contributed by atoms with Gasteiger partial charge >= 0.3 is 5.97 Å². The van der Waals surface area contributed by atoms with Gasteiger partial charge in [0.1, 0.15) is 6.54 Å². The van der Waals surface area contributed by atoms with Gasteiger partial charge in [0.15, 0.2) is 0 Å². The van der Waals surface area contributed by atoms with E-state index in [4.69, 9.17) is 5.11 Å². The van der Waals surface area contributed by atoms with Crippen molar-refractivity contribution in [3.63, 3.8) is 0 Å². The van der Waals surface area contributed by atoms with E-state index in [1.165, 1.54) is 0 Å². The second kappa shape index (κ2) is 8.01. The first kappa shape index (κ1) is 16.7. The Kier molecular flexibility index (Phi) is 6.67. The average molecular weight is 343 g/mol. The van der Waals surface area contributed by atoms with Crippen LogP contribution in [0.5, 0.6) is 0 Å². The van der Waals surface area contributed by atoms with Crippen LogP contribution in [-0.4, -0.2) is 41.0 Å². The van der Waals surface area contributed by atoms with Crippen LogP contribution in [0.2, 0.25) is 0 Å². The summed E-state index contributed by atoms with van der Waals surface area (Å²) in [6.07, 6.45) is 0. The zero-order valence-electron chi connectivity index (χ0n) is 11.6. The Morgan fingerprint density at radius 1 is 1.40 bits per heavy atom. The summed E-state index contributed by atoms with van der Waals surface area (Å²) >= 11 is 3.42. The second-order valence-electron chi connectivity index (χ2n) is 4.80. The average Bonchev–Trinajstić information content (AvgIpc) is 2.35. The molecule has 1 aromatic carbocycles. The number of amides is 1. The Balaban J connectivity index is 2.61. The predicted molar refractivity (Wildman–Crippen MR) is 80.3 cm³/mol. The van der Waals surface area contributed by atoms with Gasteiger partial charge in [-0.25, -0.2) is 0 Å². The fourth-order valence-electron chi connectivity index (χ4n) is 1.71. The summed E-state index contributed by atoms with van der Waals surface area (Å²) in [6.45, 7) is 4.47. The van der Waals surface area contributed by atoms with Crippen molar-refractivity contribution in [2.75, 3.05) is 13.1 Å². The van der Waals surface area contributed by atoms with E-state index in [1.807, 2.05) is 43.0 Å². The van der Waals surface area contributed by atoms with E-state index in [1.54, 1.807) is 0 Å². The van der Waals surface area contributed by atoms with Gasteiger partial charge in [0, 0.05) is 17.1 Å². The lowest BCUT2D eigenvalue weighted by Crippen LogP contribution is -2.41. The van der Waals surface area contributed by atoms with Crippen molar-refractivity contribution >= 4 is 27.8 Å². The molecule has 0 heterocycles. The number of rotatable bonds is 7. The van der Waals surface area contributed by atoms with Gasteiger partial charge in [0.05, 0.1) is 6.54 Å². The SMILES string of the molecule is CC(C)N(CC(=O)NCC(=O)O)Cc1cccc(Br)c1. The predicted octanol–water partition coefficient (Wildman–Crippen LogP) is 1.86. The van der Waals surface area contributed by atoms with Crippen molar-refractivity contribution in [1.29, 1.82) is 0 Å². The Hall–Kier alpha value is -1.40. The first-order valence-corrected chi connectivity index (χ1v) is 7.14. The number of carboxylic acid groups (broad SMARTS) is 1. The van der Waals surface area contributed by atoms with Gasteiger partial charge in [-0.05, 0) is 31.5 Å². The van der Waals surface area contributed by atoms with Crippen LogP contribution in [0, 0.1) is 0 Å². The molecule has 1 amide bonds. The Bertz CT molecular complexity index is 477. The van der Waals surface area contributed by atoms with Crippen molar-refractivity contribution in [3.8, 4) is 0 Å². The van der Waals surface area contributed by atoms with Crippen LogP contribution in [0.3, 0.4) is 0 Å². The number of halogens is 1. The highest BCUT2D eigenvalue weighted by Crippen LogP contribution is 2.14. The minimum atomic E-state index is -1.04. The van der Waals surface area contributed by atoms with Gasteiger partial charge in [0.2, 0.25) is 5.91 Å². The van der Waals surface area contributed by atoms with E-state index in [0.29, 0.717) is 6.54 Å². The summed E-state index contributed by atoms with van der Waals surface area (Å²) in [5.41, 5.74) is 1.10. The largest absolute Gasteiger partial charge is 0.480 e. The van der Waals surface area contributed by atoms with E-state index >= 15 is 0 Å². The molecule has 5 nitrogen and oxygen atoms in total. The standard InChI is InChI=1S/C14H19BrN2O3/c1-10(2)17(9-13(18)16-7-14(19)20)8-11-4-3-5-12(15)6-11/h3-6,10H,7-9H2,1-2H3,(H,16,18)(H,19,20). The van der Waals surface area contributed by atoms with Crippen molar-refractivity contribution in [1.82, 2.24) is 10.2 Å². The van der Waals surface area contributed by atoms with E-state index in [9.17, 15) is 9.59 Å². The first-order valence-electron chi connectivity index (χ1n) is 6.35. The van der Waals surface area contributed by atoms with Crippen LogP contribution in [0.4, 0.5) is 0 Å². The van der Waals surface area contributed by atoms with Crippen LogP contribution in [0.15, 0.2) is 28.7 Å². The van der Waals surface area contributed by atoms with Gasteiger partial charge in [0.25, 0.3) is 0 Å². The minimum Gasteiger partial charge on any atom is -0.480 e. The maximum atomic E-state index is 11.7. The molecular formula is C14H19BrN2O3. The maximum Gasteiger partial charge on any atom is 0.322 e. The van der Waals surface area contributed by atoms with Crippen LogP contribution < -0.4 is 5.32 Å². The number of aliphatic carboxylic acids is 1. The summed E-state index contributed by atoms with van der Waals surface area (Å²) in [6, 6.07) is 8.08. The monoisotopic (exact) mass is 342 g/mol. The molecule has 0 aliphatic carbocycles. The lowest BCUT2D eigenvalue weighted by atomic mass is 10.2. The zero-order chi connectivity index (χ0) is 15.1. The number of carbonyl (C=O) groups is 2. The molecule has 20 heavy (non-hydrogen) atoms. The van der Waals surface area contributed by atoms with Gasteiger partial charge in [-0.1, -0.05) is 28.1 Å². The van der Waals surface area contributed by atoms with Crippen LogP contribution in [-0.2, 0) is 16.1 Å². The first-order chi connectivity index (χ1) is 9.38. The third kappa shape index (κ3) is 6.16. The molecule has 0 bridgehead atoms. The molecule has 2 N–H and O–H groups in total. The van der Waals surface area contributed by atoms with Gasteiger partial charge < -0.3 is 10.4 Å². The van der Waals surface area contributed by atoms with E-state index in [0.717, 1.165) is 10.0 Å². The lowest BCUT2D eigenvalue weighted by molar-refractivity contribution is -0.138. The molecule has 1 aromatic rings. The quantitative estimate of drug-likeness (QED) is 0.793.